The van der Waals surface area contributed by atoms with Crippen LogP contribution in [0.4, 0.5) is 0 Å². The van der Waals surface area contributed by atoms with Gasteiger partial charge < -0.3 is 10.2 Å². The fraction of sp³-hybridized carbons (Fsp3) is 1.00. The van der Waals surface area contributed by atoms with Crippen molar-refractivity contribution in [1.29, 1.82) is 0 Å². The van der Waals surface area contributed by atoms with Gasteiger partial charge in [0.25, 0.3) is 0 Å². The maximum atomic E-state index is 9.17. The van der Waals surface area contributed by atoms with Gasteiger partial charge in [0, 0.05) is 19.1 Å². The van der Waals surface area contributed by atoms with E-state index in [0.717, 1.165) is 13.0 Å². The van der Waals surface area contributed by atoms with E-state index in [4.69, 9.17) is 5.11 Å². The van der Waals surface area contributed by atoms with Gasteiger partial charge in [-0.3, -0.25) is 4.90 Å². The second kappa shape index (κ2) is 3.32. The topological polar surface area (TPSA) is 43.7 Å². The van der Waals surface area contributed by atoms with Crippen LogP contribution in [0.2, 0.25) is 0 Å². The van der Waals surface area contributed by atoms with E-state index in [1.54, 1.807) is 0 Å². The van der Waals surface area contributed by atoms with E-state index >= 15 is 0 Å². The van der Waals surface area contributed by atoms with Crippen molar-refractivity contribution in [2.24, 2.45) is 0 Å². The molecule has 0 aromatic heterocycles. The van der Waals surface area contributed by atoms with Crippen molar-refractivity contribution in [3.05, 3.63) is 0 Å². The third-order valence-electron chi connectivity index (χ3n) is 2.07. The highest BCUT2D eigenvalue weighted by Gasteiger charge is 2.26. The first-order valence-corrected chi connectivity index (χ1v) is 3.77. The van der Waals surface area contributed by atoms with Crippen molar-refractivity contribution in [1.82, 2.24) is 4.90 Å². The molecule has 0 spiro atoms. The van der Waals surface area contributed by atoms with Crippen molar-refractivity contribution in [3.8, 4) is 0 Å². The van der Waals surface area contributed by atoms with E-state index in [1.165, 1.54) is 0 Å². The highest BCUT2D eigenvalue weighted by atomic mass is 16.3. The highest BCUT2D eigenvalue weighted by molar-refractivity contribution is 4.81. The van der Waals surface area contributed by atoms with Gasteiger partial charge in [-0.25, -0.2) is 0 Å². The summed E-state index contributed by atoms with van der Waals surface area (Å²) in [5.41, 5.74) is 0. The SMILES string of the molecule is CC1CC(O)CN1CCO. The molecule has 2 unspecified atom stereocenters. The van der Waals surface area contributed by atoms with E-state index in [2.05, 4.69) is 11.8 Å². The van der Waals surface area contributed by atoms with E-state index in [1.807, 2.05) is 0 Å². The van der Waals surface area contributed by atoms with Crippen molar-refractivity contribution in [3.63, 3.8) is 0 Å². The van der Waals surface area contributed by atoms with Gasteiger partial charge >= 0.3 is 0 Å². The Morgan fingerprint density at radius 3 is 2.70 bits per heavy atom. The number of aliphatic hydroxyl groups is 2. The third-order valence-corrected chi connectivity index (χ3v) is 2.07. The van der Waals surface area contributed by atoms with Crippen LogP contribution in [0.15, 0.2) is 0 Å². The van der Waals surface area contributed by atoms with Crippen molar-refractivity contribution in [2.75, 3.05) is 19.7 Å². The molecule has 10 heavy (non-hydrogen) atoms. The zero-order chi connectivity index (χ0) is 7.56. The molecular formula is C7H15NO2. The van der Waals surface area contributed by atoms with Gasteiger partial charge in [-0.2, -0.15) is 0 Å². The summed E-state index contributed by atoms with van der Waals surface area (Å²) in [6, 6.07) is 0.433. The first-order valence-electron chi connectivity index (χ1n) is 3.77. The molecule has 0 amide bonds. The minimum atomic E-state index is -0.179. The maximum Gasteiger partial charge on any atom is 0.0682 e. The van der Waals surface area contributed by atoms with Gasteiger partial charge in [0.2, 0.25) is 0 Å². The molecule has 3 heteroatoms. The summed E-state index contributed by atoms with van der Waals surface area (Å²) in [7, 11) is 0. The Morgan fingerprint density at radius 1 is 1.60 bits per heavy atom. The average Bonchev–Trinajstić information content (AvgIpc) is 2.13. The lowest BCUT2D eigenvalue weighted by molar-refractivity contribution is 0.158. The first-order chi connectivity index (χ1) is 4.74. The number of rotatable bonds is 2. The normalized spacial score (nSPS) is 35.1. The molecule has 0 saturated carbocycles. The van der Waals surface area contributed by atoms with Crippen LogP contribution in [-0.4, -0.2) is 47.0 Å². The predicted molar refractivity (Wildman–Crippen MR) is 38.7 cm³/mol. The lowest BCUT2D eigenvalue weighted by Crippen LogP contribution is -2.30. The van der Waals surface area contributed by atoms with Crippen LogP contribution in [0.1, 0.15) is 13.3 Å². The minimum absolute atomic E-state index is 0.179. The van der Waals surface area contributed by atoms with E-state index in [-0.39, 0.29) is 12.7 Å². The fourth-order valence-electron chi connectivity index (χ4n) is 1.51. The van der Waals surface area contributed by atoms with Crippen molar-refractivity contribution < 1.29 is 10.2 Å². The summed E-state index contributed by atoms with van der Waals surface area (Å²) in [6.07, 6.45) is 0.668. The summed E-state index contributed by atoms with van der Waals surface area (Å²) in [4.78, 5) is 2.10. The van der Waals surface area contributed by atoms with Gasteiger partial charge in [-0.15, -0.1) is 0 Å². The predicted octanol–water partition coefficient (Wildman–Crippen LogP) is -0.566. The second-order valence-corrected chi connectivity index (χ2v) is 2.96. The number of aliphatic hydroxyl groups excluding tert-OH is 2. The summed E-state index contributed by atoms with van der Waals surface area (Å²) in [6.45, 7) is 3.68. The molecule has 0 aliphatic carbocycles. The number of hydrogen-bond acceptors (Lipinski definition) is 3. The van der Waals surface area contributed by atoms with Crippen LogP contribution in [0, 0.1) is 0 Å². The molecule has 3 nitrogen and oxygen atoms in total. The smallest absolute Gasteiger partial charge is 0.0682 e. The van der Waals surface area contributed by atoms with E-state index < -0.39 is 0 Å². The standard InChI is InChI=1S/C7H15NO2/c1-6-4-7(10)5-8(6)2-3-9/h6-7,9-10H,2-5H2,1H3. The van der Waals surface area contributed by atoms with Crippen LogP contribution in [0.3, 0.4) is 0 Å². The third kappa shape index (κ3) is 1.68. The summed E-state index contributed by atoms with van der Waals surface area (Å²) in [5.74, 6) is 0. The van der Waals surface area contributed by atoms with E-state index in [0.29, 0.717) is 12.6 Å². The summed E-state index contributed by atoms with van der Waals surface area (Å²) < 4.78 is 0. The van der Waals surface area contributed by atoms with Crippen LogP contribution in [0.25, 0.3) is 0 Å². The molecule has 1 aliphatic heterocycles. The largest absolute Gasteiger partial charge is 0.395 e. The zero-order valence-electron chi connectivity index (χ0n) is 6.32. The Hall–Kier alpha value is -0.120. The van der Waals surface area contributed by atoms with Gasteiger partial charge in [0.15, 0.2) is 0 Å². The molecule has 0 aromatic rings. The Bertz CT molecular complexity index is 108. The Balaban J connectivity index is 2.31. The van der Waals surface area contributed by atoms with Gasteiger partial charge in [0.05, 0.1) is 12.7 Å². The van der Waals surface area contributed by atoms with E-state index in [9.17, 15) is 5.11 Å². The quantitative estimate of drug-likeness (QED) is 0.547. The lowest BCUT2D eigenvalue weighted by atomic mass is 10.2. The minimum Gasteiger partial charge on any atom is -0.395 e. The fourth-order valence-corrected chi connectivity index (χ4v) is 1.51. The first kappa shape index (κ1) is 7.98. The summed E-state index contributed by atoms with van der Waals surface area (Å²) >= 11 is 0. The van der Waals surface area contributed by atoms with Gasteiger partial charge in [-0.05, 0) is 13.3 Å². The number of likely N-dealkylation sites (tertiary alicyclic amines) is 1. The van der Waals surface area contributed by atoms with Gasteiger partial charge in [-0.1, -0.05) is 0 Å². The average molecular weight is 145 g/mol. The Morgan fingerprint density at radius 2 is 2.30 bits per heavy atom. The van der Waals surface area contributed by atoms with Crippen molar-refractivity contribution in [2.45, 2.75) is 25.5 Å². The van der Waals surface area contributed by atoms with Crippen LogP contribution in [-0.2, 0) is 0 Å². The second-order valence-electron chi connectivity index (χ2n) is 2.96. The molecule has 1 saturated heterocycles. The Kier molecular flexibility index (Phi) is 2.65. The van der Waals surface area contributed by atoms with Crippen LogP contribution < -0.4 is 0 Å². The van der Waals surface area contributed by atoms with Crippen molar-refractivity contribution >= 4 is 0 Å². The molecule has 1 rings (SSSR count). The molecule has 2 N–H and O–H groups in total. The molecule has 1 heterocycles. The monoisotopic (exact) mass is 145 g/mol. The van der Waals surface area contributed by atoms with Crippen LogP contribution in [0.5, 0.6) is 0 Å². The lowest BCUT2D eigenvalue weighted by Gasteiger charge is -2.18. The highest BCUT2D eigenvalue weighted by Crippen LogP contribution is 2.15. The molecule has 60 valence electrons. The molecule has 1 fully saturated rings. The molecular weight excluding hydrogens is 130 g/mol. The molecule has 1 aliphatic rings. The maximum absolute atomic E-state index is 9.17. The van der Waals surface area contributed by atoms with Gasteiger partial charge in [0.1, 0.15) is 0 Å². The Labute approximate surface area is 61.3 Å². The number of hydrogen-bond donors (Lipinski definition) is 2. The van der Waals surface area contributed by atoms with Crippen LogP contribution >= 0.6 is 0 Å². The molecule has 2 atom stereocenters. The zero-order valence-corrected chi connectivity index (χ0v) is 6.32. The summed E-state index contributed by atoms with van der Waals surface area (Å²) in [5, 5.41) is 17.8. The number of nitrogens with zero attached hydrogens (tertiary/aromatic N) is 1. The molecule has 0 radical (unpaired) electrons. The molecule has 0 bridgehead atoms. The number of β-amino-alcohol motifs (C(OH)–C–C–N with tert-alkyl or cyclic N) is 2. The molecule has 0 aromatic carbocycles.